The van der Waals surface area contributed by atoms with Crippen molar-refractivity contribution in [3.63, 3.8) is 0 Å². The van der Waals surface area contributed by atoms with Gasteiger partial charge in [0.15, 0.2) is 6.34 Å². The molecule has 1 fully saturated rings. The van der Waals surface area contributed by atoms with Crippen molar-refractivity contribution in [1.82, 2.24) is 4.67 Å². The van der Waals surface area contributed by atoms with E-state index in [-0.39, 0.29) is 5.41 Å². The van der Waals surface area contributed by atoms with E-state index in [2.05, 4.69) is 67.5 Å². The summed E-state index contributed by atoms with van der Waals surface area (Å²) in [7, 11) is 0. The van der Waals surface area contributed by atoms with Crippen molar-refractivity contribution in [2.75, 3.05) is 31.0 Å². The molecule has 0 radical (unpaired) electrons. The number of piperidine rings is 1. The Bertz CT molecular complexity index is 851. The van der Waals surface area contributed by atoms with Crippen LogP contribution in [0.5, 0.6) is 0 Å². The molecule has 1 saturated heterocycles. The quantitative estimate of drug-likeness (QED) is 0.689. The van der Waals surface area contributed by atoms with E-state index >= 15 is 0 Å². The Morgan fingerprint density at radius 3 is 2.34 bits per heavy atom. The molecule has 0 amide bonds. The SMILES string of the molecule is CCN(CC)[P@]1(=S)C2=C([NH+]3CCCCC3)CC(C)(C)CC2=NN1c1ccccc1. The van der Waals surface area contributed by atoms with Crippen molar-refractivity contribution in [3.05, 3.63) is 41.3 Å². The molecule has 4 rings (SSSR count). The third-order valence-electron chi connectivity index (χ3n) is 6.61. The highest BCUT2D eigenvalue weighted by Crippen LogP contribution is 2.68. The second-order valence-electron chi connectivity index (χ2n) is 9.36. The van der Waals surface area contributed by atoms with Gasteiger partial charge in [0.05, 0.1) is 29.8 Å². The smallest absolute Gasteiger partial charge is 0.158 e. The van der Waals surface area contributed by atoms with E-state index in [1.54, 1.807) is 10.6 Å². The fraction of sp³-hybridized carbons (Fsp3) is 0.609. The molecule has 1 N–H and O–H groups in total. The molecule has 1 aromatic rings. The van der Waals surface area contributed by atoms with E-state index in [0.29, 0.717) is 0 Å². The minimum absolute atomic E-state index is 0.248. The van der Waals surface area contributed by atoms with E-state index in [1.807, 2.05) is 0 Å². The van der Waals surface area contributed by atoms with Gasteiger partial charge >= 0.3 is 0 Å². The largest absolute Gasteiger partial charge is 0.305 e. The molecule has 0 saturated carbocycles. The molecule has 6 heteroatoms. The van der Waals surface area contributed by atoms with Gasteiger partial charge in [-0.15, -0.1) is 0 Å². The van der Waals surface area contributed by atoms with Gasteiger partial charge in [-0.3, -0.25) is 4.67 Å². The third kappa shape index (κ3) is 3.76. The zero-order valence-electron chi connectivity index (χ0n) is 18.4. The van der Waals surface area contributed by atoms with Crippen molar-refractivity contribution in [2.24, 2.45) is 10.5 Å². The predicted molar refractivity (Wildman–Crippen MR) is 128 cm³/mol. The molecule has 0 aromatic heterocycles. The first kappa shape index (κ1) is 21.2. The number of nitrogens with zero attached hydrogens (tertiary/aromatic N) is 3. The maximum absolute atomic E-state index is 6.69. The lowest BCUT2D eigenvalue weighted by Crippen LogP contribution is -3.11. The van der Waals surface area contributed by atoms with Gasteiger partial charge in [0.2, 0.25) is 0 Å². The summed E-state index contributed by atoms with van der Waals surface area (Å²) in [6, 6.07) is 10.6. The summed E-state index contributed by atoms with van der Waals surface area (Å²) in [4.78, 5) is 1.68. The number of hydrogen-bond acceptors (Lipinski definition) is 2. The molecule has 158 valence electrons. The number of benzene rings is 1. The first-order valence-corrected chi connectivity index (χ1v) is 14.0. The number of rotatable bonds is 5. The predicted octanol–water partition coefficient (Wildman–Crippen LogP) is 4.61. The minimum Gasteiger partial charge on any atom is -0.305 e. The average molecular weight is 432 g/mol. The summed E-state index contributed by atoms with van der Waals surface area (Å²) in [6.45, 7) is 13.7. The second kappa shape index (κ2) is 8.26. The van der Waals surface area contributed by atoms with Gasteiger partial charge in [0.25, 0.3) is 0 Å². The number of quaternary nitrogens is 1. The molecule has 1 aliphatic carbocycles. The Labute approximate surface area is 181 Å². The average Bonchev–Trinajstić information content (AvgIpc) is 3.01. The number of nitrogens with one attached hydrogen (secondary N) is 1. The normalized spacial score (nSPS) is 27.3. The van der Waals surface area contributed by atoms with Gasteiger partial charge < -0.3 is 4.90 Å². The summed E-state index contributed by atoms with van der Waals surface area (Å²) >= 11 is 6.69. The van der Waals surface area contributed by atoms with Crippen LogP contribution in [0.15, 0.2) is 46.4 Å². The van der Waals surface area contributed by atoms with Crippen LogP contribution in [0.4, 0.5) is 5.69 Å². The molecule has 0 spiro atoms. The summed E-state index contributed by atoms with van der Waals surface area (Å²) < 4.78 is 4.79. The summed E-state index contributed by atoms with van der Waals surface area (Å²) in [6.07, 6.45) is 4.04. The van der Waals surface area contributed by atoms with Gasteiger partial charge in [-0.2, -0.15) is 5.10 Å². The van der Waals surface area contributed by atoms with Crippen LogP contribution in [-0.2, 0) is 11.8 Å². The van der Waals surface area contributed by atoms with Crippen LogP contribution in [0.3, 0.4) is 0 Å². The lowest BCUT2D eigenvalue weighted by Gasteiger charge is -2.41. The topological polar surface area (TPSA) is 23.3 Å². The molecule has 4 nitrogen and oxygen atoms in total. The monoisotopic (exact) mass is 431 g/mol. The van der Waals surface area contributed by atoms with Crippen molar-refractivity contribution < 1.29 is 4.90 Å². The van der Waals surface area contributed by atoms with Crippen LogP contribution in [0.2, 0.25) is 0 Å². The van der Waals surface area contributed by atoms with Crippen LogP contribution >= 0.6 is 6.34 Å². The molecular weight excluding hydrogens is 395 g/mol. The molecule has 1 aromatic carbocycles. The van der Waals surface area contributed by atoms with Crippen molar-refractivity contribution >= 4 is 29.5 Å². The summed E-state index contributed by atoms with van der Waals surface area (Å²) in [5, 5.41) is 6.73. The minimum atomic E-state index is -2.17. The highest BCUT2D eigenvalue weighted by molar-refractivity contribution is 8.16. The molecule has 2 heterocycles. The van der Waals surface area contributed by atoms with E-state index in [0.717, 1.165) is 31.6 Å². The van der Waals surface area contributed by atoms with Gasteiger partial charge in [0.1, 0.15) is 5.70 Å². The Kier molecular flexibility index (Phi) is 6.05. The maximum atomic E-state index is 6.69. The third-order valence-corrected chi connectivity index (χ3v) is 11.6. The first-order chi connectivity index (χ1) is 13.9. The van der Waals surface area contributed by atoms with Crippen LogP contribution in [-0.4, -0.2) is 36.6 Å². The van der Waals surface area contributed by atoms with Crippen LogP contribution in [0.25, 0.3) is 0 Å². The Morgan fingerprint density at radius 1 is 1.07 bits per heavy atom. The van der Waals surface area contributed by atoms with E-state index in [1.165, 1.54) is 43.4 Å². The number of anilines is 1. The molecule has 2 aliphatic heterocycles. The lowest BCUT2D eigenvalue weighted by atomic mass is 9.78. The summed E-state index contributed by atoms with van der Waals surface area (Å²) in [5.41, 5.74) is 4.25. The van der Waals surface area contributed by atoms with Crippen molar-refractivity contribution in [2.45, 2.75) is 59.8 Å². The molecule has 29 heavy (non-hydrogen) atoms. The van der Waals surface area contributed by atoms with Gasteiger partial charge in [0, 0.05) is 19.5 Å². The van der Waals surface area contributed by atoms with Gasteiger partial charge in [-0.25, -0.2) is 4.78 Å². The van der Waals surface area contributed by atoms with Gasteiger partial charge in [-0.1, -0.05) is 45.9 Å². The number of hydrazone groups is 1. The number of para-hydroxylation sites is 1. The van der Waals surface area contributed by atoms with Crippen molar-refractivity contribution in [1.29, 1.82) is 0 Å². The fourth-order valence-corrected chi connectivity index (χ4v) is 10.2. The molecule has 0 bridgehead atoms. The van der Waals surface area contributed by atoms with Gasteiger partial charge in [-0.05, 0) is 55.0 Å². The highest BCUT2D eigenvalue weighted by Gasteiger charge is 2.51. The summed E-state index contributed by atoms with van der Waals surface area (Å²) in [5.74, 6) is 0. The fourth-order valence-electron chi connectivity index (χ4n) is 5.25. The second-order valence-corrected chi connectivity index (χ2v) is 13.4. The van der Waals surface area contributed by atoms with Crippen LogP contribution in [0.1, 0.15) is 59.8 Å². The molecule has 3 aliphatic rings. The Balaban J connectivity index is 1.92. The zero-order chi connectivity index (χ0) is 20.6. The first-order valence-electron chi connectivity index (χ1n) is 11.3. The van der Waals surface area contributed by atoms with Crippen LogP contribution < -0.4 is 9.68 Å². The zero-order valence-corrected chi connectivity index (χ0v) is 20.2. The number of allylic oxidation sites excluding steroid dienone is 2. The Morgan fingerprint density at radius 2 is 1.72 bits per heavy atom. The van der Waals surface area contributed by atoms with Crippen LogP contribution in [0, 0.1) is 5.41 Å². The van der Waals surface area contributed by atoms with E-state index in [9.17, 15) is 0 Å². The molecular formula is C23H36N4PS+. The maximum Gasteiger partial charge on any atom is 0.158 e. The number of fused-ring (bicyclic) bond motifs is 1. The number of hydrogen-bond donors (Lipinski definition) is 1. The Hall–Kier alpha value is -1.00. The number of likely N-dealkylation sites (tertiary alicyclic amines) is 1. The lowest BCUT2D eigenvalue weighted by molar-refractivity contribution is -0.868. The van der Waals surface area contributed by atoms with E-state index in [4.69, 9.17) is 16.9 Å². The standard InChI is InChI=1S/C23H35N4PS/c1-5-26(6-2)28(29)22-20(24-27(28)19-13-9-7-10-14-19)17-23(3,4)18-21(22)25-15-11-8-12-16-25/h7,9-10,13-14H,5-6,8,11-12,15-18H2,1-4H3/p+1/t28-/m1/s1. The van der Waals surface area contributed by atoms with E-state index < -0.39 is 6.34 Å². The van der Waals surface area contributed by atoms with Crippen molar-refractivity contribution in [3.8, 4) is 0 Å². The molecule has 0 unspecified atom stereocenters. The highest BCUT2D eigenvalue weighted by atomic mass is 32.4. The molecule has 1 atom stereocenters.